The summed E-state index contributed by atoms with van der Waals surface area (Å²) in [7, 11) is 1.29. The van der Waals surface area contributed by atoms with Gasteiger partial charge in [-0.15, -0.1) is 0 Å². The molecule has 11 heteroatoms. The van der Waals surface area contributed by atoms with Gasteiger partial charge in [0.15, 0.2) is 10.9 Å². The van der Waals surface area contributed by atoms with Gasteiger partial charge in [0.2, 0.25) is 0 Å². The summed E-state index contributed by atoms with van der Waals surface area (Å²) >= 11 is 14.4. The molecule has 2 unspecified atom stereocenters. The van der Waals surface area contributed by atoms with E-state index in [4.69, 9.17) is 37.2 Å². The highest BCUT2D eigenvalue weighted by atomic mass is 35.5. The maximum atomic E-state index is 14.7. The summed E-state index contributed by atoms with van der Waals surface area (Å²) in [6, 6.07) is 8.27. The Morgan fingerprint density at radius 3 is 2.58 bits per heavy atom. The van der Waals surface area contributed by atoms with Gasteiger partial charge in [0.25, 0.3) is 0 Å². The Bertz CT molecular complexity index is 1590. The highest BCUT2D eigenvalue weighted by Crippen LogP contribution is 2.47. The molecule has 2 aromatic heterocycles. The van der Waals surface area contributed by atoms with Crippen molar-refractivity contribution in [2.45, 2.75) is 44.3 Å². The van der Waals surface area contributed by atoms with E-state index in [2.05, 4.69) is 15.0 Å². The largest absolute Gasteiger partial charge is 0.465 e. The van der Waals surface area contributed by atoms with Crippen molar-refractivity contribution in [3.8, 4) is 11.3 Å². The third kappa shape index (κ3) is 4.66. The molecule has 2 aromatic carbocycles. The number of nitrogens with zero attached hydrogens (tertiary/aromatic N) is 3. The topological polar surface area (TPSA) is 77.7 Å². The average molecular weight is 603 g/mol. The Balaban J connectivity index is 1.04. The summed E-state index contributed by atoms with van der Waals surface area (Å²) in [5, 5.41) is 6.23. The van der Waals surface area contributed by atoms with Gasteiger partial charge in [0.1, 0.15) is 17.0 Å². The number of anilines is 1. The van der Waals surface area contributed by atoms with Gasteiger partial charge in [-0.05, 0) is 61.8 Å². The molecule has 0 bridgehead atoms. The maximum Gasteiger partial charge on any atom is 0.338 e. The van der Waals surface area contributed by atoms with Gasteiger partial charge < -0.3 is 18.9 Å². The molecule has 1 saturated heterocycles. The van der Waals surface area contributed by atoms with Crippen LogP contribution in [0.25, 0.3) is 21.5 Å². The molecular weight excluding hydrogens is 576 g/mol. The van der Waals surface area contributed by atoms with Crippen LogP contribution in [-0.2, 0) is 16.1 Å². The fourth-order valence-electron chi connectivity index (χ4n) is 6.13. The van der Waals surface area contributed by atoms with Crippen molar-refractivity contribution in [1.29, 1.82) is 0 Å². The first-order valence-corrected chi connectivity index (χ1v) is 14.9. The number of carbonyl (C=O) groups is 1. The second-order valence-corrected chi connectivity index (χ2v) is 12.7. The molecule has 2 aliphatic carbocycles. The molecular formula is C29H26Cl2FN3O4S. The number of benzene rings is 2. The maximum absolute atomic E-state index is 14.7. The van der Waals surface area contributed by atoms with Crippen molar-refractivity contribution in [3.63, 3.8) is 0 Å². The van der Waals surface area contributed by atoms with Crippen molar-refractivity contribution in [2.75, 3.05) is 25.1 Å². The van der Waals surface area contributed by atoms with Gasteiger partial charge in [-0.1, -0.05) is 45.8 Å². The summed E-state index contributed by atoms with van der Waals surface area (Å²) in [5.74, 6) is 1.12. The Hall–Kier alpha value is -2.72. The van der Waals surface area contributed by atoms with Gasteiger partial charge in [-0.2, -0.15) is 0 Å². The highest BCUT2D eigenvalue weighted by molar-refractivity contribution is 7.22. The zero-order valence-corrected chi connectivity index (χ0v) is 24.0. The van der Waals surface area contributed by atoms with Crippen LogP contribution in [0.15, 0.2) is 34.9 Å². The number of esters is 1. The van der Waals surface area contributed by atoms with Crippen LogP contribution in [0.3, 0.4) is 0 Å². The minimum absolute atomic E-state index is 0.129. The lowest BCUT2D eigenvalue weighted by Crippen LogP contribution is -2.23. The van der Waals surface area contributed by atoms with E-state index in [1.165, 1.54) is 24.5 Å². The molecule has 0 amide bonds. The summed E-state index contributed by atoms with van der Waals surface area (Å²) in [6.07, 6.45) is 4.18. The molecule has 7 rings (SSSR count). The SMILES string of the molecule is COC(=O)c1cc(F)c2nc(N3CC4CC(OCc5c(-c6c(Cl)cccc6Cl)noc5C5CC5)C[C@H]4C3)sc2c1. The van der Waals surface area contributed by atoms with Crippen LogP contribution in [0, 0.1) is 17.7 Å². The van der Waals surface area contributed by atoms with E-state index < -0.39 is 11.8 Å². The lowest BCUT2D eigenvalue weighted by Gasteiger charge is -2.19. The molecule has 1 aliphatic heterocycles. The molecule has 40 heavy (non-hydrogen) atoms. The number of methoxy groups -OCH3 is 1. The number of hydrogen-bond donors (Lipinski definition) is 0. The fourth-order valence-corrected chi connectivity index (χ4v) is 7.75. The predicted octanol–water partition coefficient (Wildman–Crippen LogP) is 7.49. The highest BCUT2D eigenvalue weighted by Gasteiger charge is 2.43. The average Bonchev–Trinajstić information content (AvgIpc) is 3.24. The standard InChI is InChI=1S/C29H26Cl2FN3O4S/c1-37-28(36)15-9-22(32)26-23(10-15)40-29(33-26)35-11-16-7-18(8-17(16)12-35)38-13-19-25(34-39-27(19)14-5-6-14)24-20(30)3-2-4-21(24)31/h2-4,9-10,14,16-18H,5-8,11-13H2,1H3/t16-,17?,18?/m0/s1. The van der Waals surface area contributed by atoms with E-state index in [1.807, 2.05) is 6.07 Å². The Labute approximate surface area is 244 Å². The Kier molecular flexibility index (Phi) is 6.73. The summed E-state index contributed by atoms with van der Waals surface area (Å²) < 4.78 is 32.3. The van der Waals surface area contributed by atoms with Crippen molar-refractivity contribution in [3.05, 3.63) is 63.1 Å². The van der Waals surface area contributed by atoms with Crippen LogP contribution in [0.2, 0.25) is 10.0 Å². The third-order valence-corrected chi connectivity index (χ3v) is 9.96. The summed E-state index contributed by atoms with van der Waals surface area (Å²) in [6.45, 7) is 2.09. The molecule has 0 N–H and O–H groups in total. The van der Waals surface area contributed by atoms with E-state index in [0.717, 1.165) is 55.2 Å². The molecule has 3 atom stereocenters. The van der Waals surface area contributed by atoms with Crippen LogP contribution in [0.4, 0.5) is 9.52 Å². The first-order chi connectivity index (χ1) is 19.4. The van der Waals surface area contributed by atoms with Crippen LogP contribution in [-0.4, -0.2) is 42.4 Å². The van der Waals surface area contributed by atoms with Gasteiger partial charge >= 0.3 is 5.97 Å². The second-order valence-electron chi connectivity index (χ2n) is 10.9. The van der Waals surface area contributed by atoms with E-state index in [9.17, 15) is 9.18 Å². The predicted molar refractivity (Wildman–Crippen MR) is 152 cm³/mol. The number of aromatic nitrogens is 2. The van der Waals surface area contributed by atoms with E-state index >= 15 is 0 Å². The third-order valence-electron chi connectivity index (χ3n) is 8.27. The molecule has 0 spiro atoms. The number of fused-ring (bicyclic) bond motifs is 2. The van der Waals surface area contributed by atoms with Crippen LogP contribution >= 0.6 is 34.5 Å². The van der Waals surface area contributed by atoms with Gasteiger partial charge in [0.05, 0.1) is 40.1 Å². The lowest BCUT2D eigenvalue weighted by molar-refractivity contribution is 0.0403. The van der Waals surface area contributed by atoms with Crippen molar-refractivity contribution in [2.24, 2.45) is 11.8 Å². The summed E-state index contributed by atoms with van der Waals surface area (Å²) in [5.41, 5.74) is 2.78. The monoisotopic (exact) mass is 601 g/mol. The van der Waals surface area contributed by atoms with E-state index in [-0.39, 0.29) is 11.7 Å². The second kappa shape index (κ2) is 10.3. The van der Waals surface area contributed by atoms with Crippen LogP contribution in [0.1, 0.15) is 53.3 Å². The minimum atomic E-state index is -0.560. The lowest BCUT2D eigenvalue weighted by atomic mass is 10.0. The fraction of sp³-hybridized carbons (Fsp3) is 0.414. The number of rotatable bonds is 7. The van der Waals surface area contributed by atoms with E-state index in [1.54, 1.807) is 18.2 Å². The number of carbonyl (C=O) groups excluding carboxylic acids is 1. The van der Waals surface area contributed by atoms with Crippen LogP contribution < -0.4 is 4.90 Å². The van der Waals surface area contributed by atoms with Gasteiger partial charge in [-0.25, -0.2) is 14.2 Å². The van der Waals surface area contributed by atoms with Gasteiger partial charge in [0, 0.05) is 30.1 Å². The van der Waals surface area contributed by atoms with Gasteiger partial charge in [-0.3, -0.25) is 0 Å². The molecule has 208 valence electrons. The molecule has 3 fully saturated rings. The van der Waals surface area contributed by atoms with Crippen molar-refractivity contribution < 1.29 is 23.2 Å². The molecule has 7 nitrogen and oxygen atoms in total. The quantitative estimate of drug-likeness (QED) is 0.203. The first kappa shape index (κ1) is 26.2. The number of halogens is 3. The zero-order valence-electron chi connectivity index (χ0n) is 21.7. The summed E-state index contributed by atoms with van der Waals surface area (Å²) in [4.78, 5) is 18.7. The molecule has 3 aliphatic rings. The Morgan fingerprint density at radius 2 is 1.90 bits per heavy atom. The van der Waals surface area contributed by atoms with Crippen molar-refractivity contribution in [1.82, 2.24) is 10.1 Å². The number of hydrogen-bond acceptors (Lipinski definition) is 8. The minimum Gasteiger partial charge on any atom is -0.465 e. The normalized spacial score (nSPS) is 22.3. The first-order valence-electron chi connectivity index (χ1n) is 13.4. The molecule has 0 radical (unpaired) electrons. The Morgan fingerprint density at radius 1 is 1.18 bits per heavy atom. The van der Waals surface area contributed by atoms with Crippen LogP contribution in [0.5, 0.6) is 0 Å². The molecule has 4 aromatic rings. The number of ether oxygens (including phenoxy) is 2. The zero-order chi connectivity index (χ0) is 27.5. The van der Waals surface area contributed by atoms with E-state index in [0.29, 0.717) is 55.9 Å². The smallest absolute Gasteiger partial charge is 0.338 e. The molecule has 3 heterocycles. The molecule has 2 saturated carbocycles. The number of thiazole rings is 1. The van der Waals surface area contributed by atoms with Crippen molar-refractivity contribution >= 4 is 55.9 Å².